The predicted octanol–water partition coefficient (Wildman–Crippen LogP) is 3.38. The lowest BCUT2D eigenvalue weighted by atomic mass is 9.95. The number of benzene rings is 1. The van der Waals surface area contributed by atoms with Gasteiger partial charge in [0.2, 0.25) is 5.91 Å². The number of fused-ring (bicyclic) bond motifs is 1. The maximum atomic E-state index is 12.4. The van der Waals surface area contributed by atoms with Gasteiger partial charge in [-0.3, -0.25) is 9.20 Å². The Morgan fingerprint density at radius 2 is 2.17 bits per heavy atom. The van der Waals surface area contributed by atoms with Crippen LogP contribution in [0.4, 0.5) is 5.69 Å². The molecule has 0 bridgehead atoms. The Morgan fingerprint density at radius 3 is 2.92 bits per heavy atom. The molecule has 2 atom stereocenters. The summed E-state index contributed by atoms with van der Waals surface area (Å²) in [6.45, 7) is 0.592. The number of thiazole rings is 1. The summed E-state index contributed by atoms with van der Waals surface area (Å²) in [6, 6.07) is 7.87. The fourth-order valence-electron chi connectivity index (χ4n) is 3.49. The number of carbonyl (C=O) groups excluding carboxylic acids is 1. The van der Waals surface area contributed by atoms with Crippen LogP contribution in [0.25, 0.3) is 16.2 Å². The van der Waals surface area contributed by atoms with Gasteiger partial charge >= 0.3 is 0 Å². The minimum Gasteiger partial charge on any atom is -0.330 e. The summed E-state index contributed by atoms with van der Waals surface area (Å²) in [5, 5.41) is 5.05. The molecule has 1 saturated carbocycles. The van der Waals surface area contributed by atoms with Gasteiger partial charge in [-0.25, -0.2) is 4.98 Å². The van der Waals surface area contributed by atoms with Crippen LogP contribution in [0.15, 0.2) is 42.0 Å². The van der Waals surface area contributed by atoms with Gasteiger partial charge in [0.25, 0.3) is 0 Å². The highest BCUT2D eigenvalue weighted by molar-refractivity contribution is 7.15. The maximum Gasteiger partial charge on any atom is 0.227 e. The third-order valence-electron chi connectivity index (χ3n) is 4.84. The first kappa shape index (κ1) is 15.4. The highest BCUT2D eigenvalue weighted by Crippen LogP contribution is 2.32. The number of rotatable bonds is 4. The number of carbonyl (C=O) groups is 1. The molecule has 1 amide bonds. The van der Waals surface area contributed by atoms with Crippen molar-refractivity contribution in [1.29, 1.82) is 0 Å². The van der Waals surface area contributed by atoms with E-state index in [1.807, 2.05) is 46.4 Å². The first-order valence-electron chi connectivity index (χ1n) is 8.28. The van der Waals surface area contributed by atoms with E-state index in [4.69, 9.17) is 5.73 Å². The number of aromatic nitrogens is 2. The molecule has 0 spiro atoms. The quantitative estimate of drug-likeness (QED) is 0.765. The van der Waals surface area contributed by atoms with Crippen LogP contribution >= 0.6 is 11.3 Å². The van der Waals surface area contributed by atoms with E-state index in [0.717, 1.165) is 41.2 Å². The summed E-state index contributed by atoms with van der Waals surface area (Å²) < 4.78 is 2.02. The molecule has 2 aromatic heterocycles. The molecule has 1 aliphatic rings. The van der Waals surface area contributed by atoms with E-state index in [0.29, 0.717) is 12.5 Å². The van der Waals surface area contributed by atoms with Gasteiger partial charge in [0.05, 0.1) is 5.69 Å². The van der Waals surface area contributed by atoms with Crippen molar-refractivity contribution < 1.29 is 4.79 Å². The maximum absolute atomic E-state index is 12.4. The molecule has 3 aromatic rings. The molecule has 0 aliphatic heterocycles. The van der Waals surface area contributed by atoms with Gasteiger partial charge in [0.15, 0.2) is 4.96 Å². The average molecular weight is 340 g/mol. The van der Waals surface area contributed by atoms with Crippen molar-refractivity contribution in [2.24, 2.45) is 17.6 Å². The molecule has 1 aromatic carbocycles. The Bertz CT molecular complexity index is 823. The summed E-state index contributed by atoms with van der Waals surface area (Å²) in [4.78, 5) is 18.0. The van der Waals surface area contributed by atoms with Gasteiger partial charge in [0.1, 0.15) is 0 Å². The number of amides is 1. The fraction of sp³-hybridized carbons (Fsp3) is 0.333. The molecule has 124 valence electrons. The second-order valence-electron chi connectivity index (χ2n) is 6.32. The monoisotopic (exact) mass is 340 g/mol. The lowest BCUT2D eigenvalue weighted by molar-refractivity contribution is -0.120. The third kappa shape index (κ3) is 2.83. The van der Waals surface area contributed by atoms with Crippen LogP contribution in [0.5, 0.6) is 0 Å². The zero-order valence-electron chi connectivity index (χ0n) is 13.3. The van der Waals surface area contributed by atoms with Crippen LogP contribution in [-0.2, 0) is 4.79 Å². The third-order valence-corrected chi connectivity index (χ3v) is 5.61. The van der Waals surface area contributed by atoms with Crippen molar-refractivity contribution in [3.05, 3.63) is 42.0 Å². The van der Waals surface area contributed by atoms with Crippen molar-refractivity contribution in [1.82, 2.24) is 9.38 Å². The Morgan fingerprint density at radius 1 is 1.33 bits per heavy atom. The molecule has 5 nitrogen and oxygen atoms in total. The Labute approximate surface area is 144 Å². The largest absolute Gasteiger partial charge is 0.330 e. The van der Waals surface area contributed by atoms with Crippen molar-refractivity contribution >= 4 is 27.9 Å². The van der Waals surface area contributed by atoms with Crippen LogP contribution in [0.1, 0.15) is 19.3 Å². The molecular formula is C18H20N4OS. The number of hydrogen-bond donors (Lipinski definition) is 2. The molecule has 6 heteroatoms. The summed E-state index contributed by atoms with van der Waals surface area (Å²) in [7, 11) is 0. The normalized spacial score (nSPS) is 20.5. The lowest BCUT2D eigenvalue weighted by Crippen LogP contribution is -2.29. The zero-order valence-corrected chi connectivity index (χ0v) is 14.1. The first-order chi connectivity index (χ1) is 11.7. The Hall–Kier alpha value is -2.18. The number of hydrogen-bond acceptors (Lipinski definition) is 4. The van der Waals surface area contributed by atoms with E-state index in [1.165, 1.54) is 0 Å². The van der Waals surface area contributed by atoms with Gasteiger partial charge in [0, 0.05) is 34.9 Å². The molecule has 3 N–H and O–H groups in total. The number of nitrogens with one attached hydrogen (secondary N) is 1. The molecule has 0 saturated heterocycles. The van der Waals surface area contributed by atoms with E-state index >= 15 is 0 Å². The van der Waals surface area contributed by atoms with E-state index in [2.05, 4.69) is 10.3 Å². The van der Waals surface area contributed by atoms with Crippen LogP contribution in [-0.4, -0.2) is 21.8 Å². The molecule has 24 heavy (non-hydrogen) atoms. The van der Waals surface area contributed by atoms with E-state index in [1.54, 1.807) is 11.3 Å². The van der Waals surface area contributed by atoms with Gasteiger partial charge in [-0.2, -0.15) is 0 Å². The van der Waals surface area contributed by atoms with Crippen molar-refractivity contribution in [3.63, 3.8) is 0 Å². The lowest BCUT2D eigenvalue weighted by Gasteiger charge is -2.17. The van der Waals surface area contributed by atoms with Crippen molar-refractivity contribution in [2.75, 3.05) is 11.9 Å². The van der Waals surface area contributed by atoms with E-state index in [9.17, 15) is 4.79 Å². The van der Waals surface area contributed by atoms with E-state index in [-0.39, 0.29) is 11.8 Å². The molecule has 4 rings (SSSR count). The number of anilines is 1. The minimum atomic E-state index is 0.0506. The van der Waals surface area contributed by atoms with Crippen LogP contribution in [0.3, 0.4) is 0 Å². The van der Waals surface area contributed by atoms with E-state index < -0.39 is 0 Å². The highest BCUT2D eigenvalue weighted by Gasteiger charge is 2.31. The number of imidazole rings is 1. The highest BCUT2D eigenvalue weighted by atomic mass is 32.1. The molecule has 2 heterocycles. The molecular weight excluding hydrogens is 320 g/mol. The van der Waals surface area contributed by atoms with Crippen LogP contribution in [0, 0.1) is 11.8 Å². The number of nitrogens with zero attached hydrogens (tertiary/aromatic N) is 2. The second kappa shape index (κ2) is 6.37. The second-order valence-corrected chi connectivity index (χ2v) is 7.19. The molecule has 1 fully saturated rings. The zero-order chi connectivity index (χ0) is 16.5. The average Bonchev–Trinajstić information content (AvgIpc) is 3.30. The Kier molecular flexibility index (Phi) is 4.08. The summed E-state index contributed by atoms with van der Waals surface area (Å²) in [5.74, 6) is 0.468. The molecule has 1 aliphatic carbocycles. The Balaban J connectivity index is 1.47. The SMILES string of the molecule is NC[C@H]1CCC[C@H]1C(=O)Nc1ccc(-c2cn3ccsc3n2)cc1. The molecule has 0 radical (unpaired) electrons. The molecule has 0 unspecified atom stereocenters. The predicted molar refractivity (Wildman–Crippen MR) is 97.0 cm³/mol. The van der Waals surface area contributed by atoms with Gasteiger partial charge in [-0.05, 0) is 37.4 Å². The minimum absolute atomic E-state index is 0.0506. The topological polar surface area (TPSA) is 72.4 Å². The van der Waals surface area contributed by atoms with Crippen LogP contribution < -0.4 is 11.1 Å². The van der Waals surface area contributed by atoms with Gasteiger partial charge in [-0.1, -0.05) is 18.6 Å². The van der Waals surface area contributed by atoms with Crippen molar-refractivity contribution in [3.8, 4) is 11.3 Å². The van der Waals surface area contributed by atoms with Crippen LogP contribution in [0.2, 0.25) is 0 Å². The fourth-order valence-corrected chi connectivity index (χ4v) is 4.19. The van der Waals surface area contributed by atoms with Crippen molar-refractivity contribution in [2.45, 2.75) is 19.3 Å². The summed E-state index contributed by atoms with van der Waals surface area (Å²) >= 11 is 1.62. The number of nitrogens with two attached hydrogens (primary N) is 1. The standard InChI is InChI=1S/C18H20N4OS/c19-10-13-2-1-3-15(13)17(23)20-14-6-4-12(5-7-14)16-11-22-8-9-24-18(22)21-16/h4-9,11,13,15H,1-3,10,19H2,(H,20,23)/t13-,15-/m1/s1. The summed E-state index contributed by atoms with van der Waals surface area (Å²) in [5.41, 5.74) is 8.59. The van der Waals surface area contributed by atoms with Gasteiger partial charge < -0.3 is 11.1 Å². The van der Waals surface area contributed by atoms with Gasteiger partial charge in [-0.15, -0.1) is 11.3 Å². The smallest absolute Gasteiger partial charge is 0.227 e. The summed E-state index contributed by atoms with van der Waals surface area (Å²) in [6.07, 6.45) is 7.11. The first-order valence-corrected chi connectivity index (χ1v) is 9.16.